The summed E-state index contributed by atoms with van der Waals surface area (Å²) in [6, 6.07) is 24.5. The lowest BCUT2D eigenvalue weighted by atomic mass is 10.1. The predicted molar refractivity (Wildman–Crippen MR) is 130 cm³/mol. The van der Waals surface area contributed by atoms with Crippen LogP contribution in [0.15, 0.2) is 78.9 Å². The van der Waals surface area contributed by atoms with Gasteiger partial charge in [-0.15, -0.1) is 0 Å². The van der Waals surface area contributed by atoms with Crippen molar-refractivity contribution < 1.29 is 9.90 Å². The van der Waals surface area contributed by atoms with Crippen molar-refractivity contribution in [2.45, 2.75) is 6.42 Å². The van der Waals surface area contributed by atoms with Gasteiger partial charge in [-0.3, -0.25) is 4.79 Å². The zero-order chi connectivity index (χ0) is 22.5. The topological polar surface area (TPSA) is 77.5 Å². The first-order valence-corrected chi connectivity index (χ1v) is 10.5. The number of rotatable bonds is 7. The number of aromatic nitrogens is 1. The third-order valence-corrected chi connectivity index (χ3v) is 5.23. The number of anilines is 3. The van der Waals surface area contributed by atoms with Crippen LogP contribution in [-0.4, -0.2) is 36.6 Å². The molecule has 3 N–H and O–H groups in total. The Labute approximate surface area is 187 Å². The zero-order valence-corrected chi connectivity index (χ0v) is 18.2. The second-order valence-electron chi connectivity index (χ2n) is 7.81. The summed E-state index contributed by atoms with van der Waals surface area (Å²) in [5.41, 5.74) is 4.35. The van der Waals surface area contributed by atoms with Crippen molar-refractivity contribution in [3.63, 3.8) is 0 Å². The number of nitrogens with zero attached hydrogens (tertiary/aromatic N) is 2. The van der Waals surface area contributed by atoms with E-state index in [1.807, 2.05) is 79.7 Å². The van der Waals surface area contributed by atoms with Gasteiger partial charge in [0.15, 0.2) is 0 Å². The molecule has 4 aromatic rings. The molecule has 6 nitrogen and oxygen atoms in total. The standard InChI is InChI=1S/C26H26N4O2/c1-30(2)20-7-5-6-19(16-20)28-25-17-23(22-8-3-4-9-24(22)29-25)26(32)27-15-14-18-10-12-21(31)13-11-18/h3-13,16-17,31H,14-15H2,1-2H3,(H,27,32)(H,28,29). The van der Waals surface area contributed by atoms with Gasteiger partial charge < -0.3 is 20.6 Å². The van der Waals surface area contributed by atoms with E-state index in [1.165, 1.54) is 0 Å². The van der Waals surface area contributed by atoms with E-state index < -0.39 is 0 Å². The number of phenolic OH excluding ortho intramolecular Hbond substituents is 1. The number of hydrogen-bond donors (Lipinski definition) is 3. The molecule has 0 radical (unpaired) electrons. The maximum Gasteiger partial charge on any atom is 0.252 e. The Balaban J connectivity index is 1.55. The van der Waals surface area contributed by atoms with Crippen molar-refractivity contribution in [2.24, 2.45) is 0 Å². The van der Waals surface area contributed by atoms with Gasteiger partial charge in [-0.25, -0.2) is 4.98 Å². The predicted octanol–water partition coefficient (Wildman–Crippen LogP) is 4.72. The summed E-state index contributed by atoms with van der Waals surface area (Å²) >= 11 is 0. The SMILES string of the molecule is CN(C)c1cccc(Nc2cc(C(=O)NCCc3ccc(O)cc3)c3ccccc3n2)c1. The number of para-hydroxylation sites is 1. The molecule has 0 fully saturated rings. The highest BCUT2D eigenvalue weighted by Crippen LogP contribution is 2.25. The Bertz CT molecular complexity index is 1240. The monoisotopic (exact) mass is 426 g/mol. The Hall–Kier alpha value is -4.06. The van der Waals surface area contributed by atoms with Crippen molar-refractivity contribution in [1.82, 2.24) is 10.3 Å². The Morgan fingerprint density at radius 2 is 1.75 bits per heavy atom. The third-order valence-electron chi connectivity index (χ3n) is 5.23. The summed E-state index contributed by atoms with van der Waals surface area (Å²) in [5, 5.41) is 16.6. The molecule has 0 spiro atoms. The molecule has 0 saturated carbocycles. The third kappa shape index (κ3) is 4.98. The van der Waals surface area contributed by atoms with Gasteiger partial charge in [0.1, 0.15) is 11.6 Å². The lowest BCUT2D eigenvalue weighted by molar-refractivity contribution is 0.0955. The summed E-state index contributed by atoms with van der Waals surface area (Å²) in [7, 11) is 3.99. The zero-order valence-electron chi connectivity index (χ0n) is 18.2. The van der Waals surface area contributed by atoms with Gasteiger partial charge in [-0.2, -0.15) is 0 Å². The average Bonchev–Trinajstić information content (AvgIpc) is 2.80. The lowest BCUT2D eigenvalue weighted by Gasteiger charge is -2.15. The first kappa shape index (κ1) is 21.2. The van der Waals surface area contributed by atoms with E-state index in [2.05, 4.69) is 10.6 Å². The first-order valence-electron chi connectivity index (χ1n) is 10.5. The fourth-order valence-corrected chi connectivity index (χ4v) is 3.52. The second kappa shape index (κ2) is 9.39. The maximum atomic E-state index is 13.0. The number of pyridine rings is 1. The molecule has 0 atom stereocenters. The Morgan fingerprint density at radius 1 is 0.969 bits per heavy atom. The number of carbonyl (C=O) groups excluding carboxylic acids is 1. The smallest absolute Gasteiger partial charge is 0.252 e. The number of hydrogen-bond acceptors (Lipinski definition) is 5. The molecule has 0 unspecified atom stereocenters. The van der Waals surface area contributed by atoms with Crippen LogP contribution in [0.4, 0.5) is 17.2 Å². The molecule has 0 aliphatic carbocycles. The van der Waals surface area contributed by atoms with Gasteiger partial charge in [-0.05, 0) is 54.4 Å². The summed E-state index contributed by atoms with van der Waals surface area (Å²) in [6.07, 6.45) is 0.678. The van der Waals surface area contributed by atoms with E-state index in [4.69, 9.17) is 4.98 Å². The first-order chi connectivity index (χ1) is 15.5. The molecule has 1 heterocycles. The van der Waals surface area contributed by atoms with Gasteiger partial charge in [0.2, 0.25) is 0 Å². The molecular formula is C26H26N4O2. The van der Waals surface area contributed by atoms with E-state index in [0.717, 1.165) is 27.8 Å². The van der Waals surface area contributed by atoms with Crippen molar-refractivity contribution >= 4 is 34.0 Å². The molecule has 6 heteroatoms. The van der Waals surface area contributed by atoms with E-state index in [9.17, 15) is 9.90 Å². The van der Waals surface area contributed by atoms with Crippen LogP contribution >= 0.6 is 0 Å². The molecule has 1 aromatic heterocycles. The van der Waals surface area contributed by atoms with Crippen molar-refractivity contribution in [3.05, 3.63) is 90.0 Å². The molecule has 32 heavy (non-hydrogen) atoms. The average molecular weight is 427 g/mol. The Kier molecular flexibility index (Phi) is 6.22. The highest BCUT2D eigenvalue weighted by atomic mass is 16.3. The minimum absolute atomic E-state index is 0.146. The molecule has 4 rings (SSSR count). The van der Waals surface area contributed by atoms with Crippen molar-refractivity contribution in [3.8, 4) is 5.75 Å². The second-order valence-corrected chi connectivity index (χ2v) is 7.81. The molecule has 1 amide bonds. The summed E-state index contributed by atoms with van der Waals surface area (Å²) in [6.45, 7) is 0.494. The highest BCUT2D eigenvalue weighted by molar-refractivity contribution is 6.07. The van der Waals surface area contributed by atoms with Crippen LogP contribution < -0.4 is 15.5 Å². The van der Waals surface area contributed by atoms with Crippen LogP contribution in [-0.2, 0) is 6.42 Å². The molecule has 162 valence electrons. The van der Waals surface area contributed by atoms with Crippen LogP contribution in [0.5, 0.6) is 5.75 Å². The van der Waals surface area contributed by atoms with Crippen LogP contribution in [0.2, 0.25) is 0 Å². The minimum Gasteiger partial charge on any atom is -0.508 e. The Morgan fingerprint density at radius 3 is 2.53 bits per heavy atom. The fraction of sp³-hybridized carbons (Fsp3) is 0.154. The van der Waals surface area contributed by atoms with Gasteiger partial charge in [0.25, 0.3) is 5.91 Å². The van der Waals surface area contributed by atoms with Crippen LogP contribution in [0, 0.1) is 0 Å². The number of nitrogens with one attached hydrogen (secondary N) is 2. The van der Waals surface area contributed by atoms with Gasteiger partial charge in [-0.1, -0.05) is 36.4 Å². The van der Waals surface area contributed by atoms with Crippen LogP contribution in [0.3, 0.4) is 0 Å². The van der Waals surface area contributed by atoms with E-state index in [1.54, 1.807) is 18.2 Å². The number of amides is 1. The molecule has 0 bridgehead atoms. The number of benzene rings is 3. The summed E-state index contributed by atoms with van der Waals surface area (Å²) in [4.78, 5) is 19.8. The minimum atomic E-state index is -0.146. The maximum absolute atomic E-state index is 13.0. The van der Waals surface area contributed by atoms with Crippen molar-refractivity contribution in [2.75, 3.05) is 30.9 Å². The number of aromatic hydroxyl groups is 1. The van der Waals surface area contributed by atoms with Gasteiger partial charge in [0.05, 0.1) is 11.1 Å². The molecule has 0 saturated heterocycles. The summed E-state index contributed by atoms with van der Waals surface area (Å²) < 4.78 is 0. The molecule has 0 aliphatic heterocycles. The number of carbonyl (C=O) groups is 1. The van der Waals surface area contributed by atoms with Crippen LogP contribution in [0.1, 0.15) is 15.9 Å². The van der Waals surface area contributed by atoms with E-state index in [0.29, 0.717) is 24.3 Å². The largest absolute Gasteiger partial charge is 0.508 e. The van der Waals surface area contributed by atoms with Gasteiger partial charge in [0, 0.05) is 37.4 Å². The van der Waals surface area contributed by atoms with Crippen molar-refractivity contribution in [1.29, 1.82) is 0 Å². The highest BCUT2D eigenvalue weighted by Gasteiger charge is 2.13. The molecule has 0 aliphatic rings. The lowest BCUT2D eigenvalue weighted by Crippen LogP contribution is -2.26. The van der Waals surface area contributed by atoms with Crippen LogP contribution in [0.25, 0.3) is 10.9 Å². The molecule has 3 aromatic carbocycles. The van der Waals surface area contributed by atoms with E-state index >= 15 is 0 Å². The fourth-order valence-electron chi connectivity index (χ4n) is 3.52. The number of phenols is 1. The van der Waals surface area contributed by atoms with Gasteiger partial charge >= 0.3 is 0 Å². The van der Waals surface area contributed by atoms with E-state index in [-0.39, 0.29) is 11.7 Å². The number of fused-ring (bicyclic) bond motifs is 1. The molecular weight excluding hydrogens is 400 g/mol. The summed E-state index contributed by atoms with van der Waals surface area (Å²) in [5.74, 6) is 0.702. The normalized spacial score (nSPS) is 10.7. The quantitative estimate of drug-likeness (QED) is 0.399.